The molecule has 2 aromatic carbocycles. The van der Waals surface area contributed by atoms with Gasteiger partial charge in [0.05, 0.1) is 26.9 Å². The maximum Gasteiger partial charge on any atom is 0.161 e. The summed E-state index contributed by atoms with van der Waals surface area (Å²) in [5.74, 6) is 1.47. The van der Waals surface area contributed by atoms with Gasteiger partial charge in [-0.2, -0.15) is 0 Å². The zero-order valence-electron chi connectivity index (χ0n) is 18.1. The van der Waals surface area contributed by atoms with Crippen molar-refractivity contribution < 1.29 is 18.9 Å². The highest BCUT2D eigenvalue weighted by Crippen LogP contribution is 2.30. The number of hydrogen-bond donors (Lipinski definition) is 1. The van der Waals surface area contributed by atoms with Gasteiger partial charge in [-0.1, -0.05) is 50.2 Å². The summed E-state index contributed by atoms with van der Waals surface area (Å²) in [7, 11) is 3.34. The number of methoxy groups -OCH3 is 2. The Kier molecular flexibility index (Phi) is 9.45. The fraction of sp³-hybridized carbons (Fsp3) is 0.500. The number of hydrogen-bond acceptors (Lipinski definition) is 5. The van der Waals surface area contributed by atoms with Crippen molar-refractivity contribution in [3.8, 4) is 11.5 Å². The normalized spacial score (nSPS) is 12.6. The molecule has 2 rings (SSSR count). The summed E-state index contributed by atoms with van der Waals surface area (Å²) in [4.78, 5) is 0. The van der Waals surface area contributed by atoms with E-state index in [0.29, 0.717) is 26.4 Å². The average molecular weight is 402 g/mol. The third-order valence-corrected chi connectivity index (χ3v) is 5.02. The maximum absolute atomic E-state index is 6.55. The molecule has 0 aliphatic heterocycles. The van der Waals surface area contributed by atoms with Crippen LogP contribution in [-0.4, -0.2) is 40.1 Å². The topological polar surface area (TPSA) is 62.9 Å². The molecule has 0 fully saturated rings. The highest BCUT2D eigenvalue weighted by Gasteiger charge is 2.27. The summed E-state index contributed by atoms with van der Waals surface area (Å²) in [6.07, 6.45) is 1.56. The lowest BCUT2D eigenvalue weighted by Crippen LogP contribution is -2.42. The molecule has 2 aromatic rings. The van der Waals surface area contributed by atoms with E-state index in [2.05, 4.69) is 26.0 Å². The van der Waals surface area contributed by atoms with Crippen LogP contribution in [0.15, 0.2) is 48.5 Å². The van der Waals surface area contributed by atoms with Crippen molar-refractivity contribution in [2.45, 2.75) is 39.3 Å². The van der Waals surface area contributed by atoms with Crippen LogP contribution in [0.5, 0.6) is 11.5 Å². The molecule has 0 aromatic heterocycles. The predicted octanol–water partition coefficient (Wildman–Crippen LogP) is 4.22. The highest BCUT2D eigenvalue weighted by molar-refractivity contribution is 5.43. The Morgan fingerprint density at radius 2 is 1.69 bits per heavy atom. The molecule has 1 unspecified atom stereocenters. The van der Waals surface area contributed by atoms with Gasteiger partial charge in [0.15, 0.2) is 11.5 Å². The van der Waals surface area contributed by atoms with Gasteiger partial charge in [0.1, 0.15) is 0 Å². The average Bonchev–Trinajstić information content (AvgIpc) is 2.72. The lowest BCUT2D eigenvalue weighted by Gasteiger charge is -2.31. The van der Waals surface area contributed by atoms with Crippen LogP contribution >= 0.6 is 0 Å². The molecule has 160 valence electrons. The van der Waals surface area contributed by atoms with Crippen LogP contribution in [-0.2, 0) is 22.5 Å². The molecule has 0 saturated carbocycles. The second-order valence-electron chi connectivity index (χ2n) is 7.96. The van der Waals surface area contributed by atoms with E-state index < -0.39 is 0 Å². The van der Waals surface area contributed by atoms with Gasteiger partial charge in [-0.05, 0) is 29.7 Å². The minimum absolute atomic E-state index is 0.0481. The molecular weight excluding hydrogens is 366 g/mol. The largest absolute Gasteiger partial charge is 0.493 e. The van der Waals surface area contributed by atoms with Crippen LogP contribution in [0.4, 0.5) is 0 Å². The third kappa shape index (κ3) is 7.69. The van der Waals surface area contributed by atoms with E-state index in [4.69, 9.17) is 24.7 Å². The zero-order valence-corrected chi connectivity index (χ0v) is 18.1. The number of ether oxygens (including phenoxy) is 4. The first-order valence-electron chi connectivity index (χ1n) is 10.1. The molecule has 29 heavy (non-hydrogen) atoms. The lowest BCUT2D eigenvalue weighted by molar-refractivity contribution is 0.0383. The van der Waals surface area contributed by atoms with E-state index in [0.717, 1.165) is 29.9 Å². The molecule has 0 spiro atoms. The Balaban J connectivity index is 1.92. The van der Waals surface area contributed by atoms with Gasteiger partial charge in [0.25, 0.3) is 0 Å². The van der Waals surface area contributed by atoms with Crippen LogP contribution in [0, 0.1) is 5.41 Å². The van der Waals surface area contributed by atoms with E-state index in [1.807, 2.05) is 36.4 Å². The first-order valence-corrected chi connectivity index (χ1v) is 10.1. The third-order valence-electron chi connectivity index (χ3n) is 5.02. The summed E-state index contributed by atoms with van der Waals surface area (Å²) >= 11 is 0. The van der Waals surface area contributed by atoms with E-state index >= 15 is 0 Å². The van der Waals surface area contributed by atoms with Crippen molar-refractivity contribution in [1.29, 1.82) is 0 Å². The molecule has 1 atom stereocenters. The minimum atomic E-state index is -0.159. The lowest BCUT2D eigenvalue weighted by atomic mass is 9.82. The van der Waals surface area contributed by atoms with Crippen molar-refractivity contribution in [3.05, 3.63) is 59.7 Å². The summed E-state index contributed by atoms with van der Waals surface area (Å²) < 4.78 is 22.3. The molecule has 0 saturated heterocycles. The van der Waals surface area contributed by atoms with Gasteiger partial charge in [-0.25, -0.2) is 0 Å². The van der Waals surface area contributed by atoms with E-state index in [9.17, 15) is 0 Å². The molecule has 0 radical (unpaired) electrons. The molecule has 0 aliphatic rings. The predicted molar refractivity (Wildman–Crippen MR) is 117 cm³/mol. The fourth-order valence-electron chi connectivity index (χ4n) is 2.99. The molecule has 0 bridgehead atoms. The monoisotopic (exact) mass is 401 g/mol. The standard InChI is InChI=1S/C24H35NO4/c1-24(2,18-28-17-19-9-6-5-7-10-19)23(25)16-20-11-12-21(27-4)22(15-20)29-14-8-13-26-3/h5-7,9-12,15,23H,8,13-14,16-18,25H2,1-4H3. The van der Waals surface area contributed by atoms with Gasteiger partial charge in [0, 0.05) is 31.6 Å². The van der Waals surface area contributed by atoms with Gasteiger partial charge in [0.2, 0.25) is 0 Å². The first kappa shape index (κ1) is 23.2. The Labute approximate surface area is 175 Å². The van der Waals surface area contributed by atoms with Crippen LogP contribution in [0.25, 0.3) is 0 Å². The minimum Gasteiger partial charge on any atom is -0.493 e. The SMILES string of the molecule is COCCCOc1cc(CC(N)C(C)(C)COCc2ccccc2)ccc1OC. The Morgan fingerprint density at radius 1 is 0.931 bits per heavy atom. The van der Waals surface area contributed by atoms with E-state index in [1.165, 1.54) is 5.56 Å². The van der Waals surface area contributed by atoms with Gasteiger partial charge >= 0.3 is 0 Å². The number of benzene rings is 2. The second-order valence-corrected chi connectivity index (χ2v) is 7.96. The fourth-order valence-corrected chi connectivity index (χ4v) is 2.99. The highest BCUT2D eigenvalue weighted by atomic mass is 16.5. The molecule has 0 aliphatic carbocycles. The molecule has 2 N–H and O–H groups in total. The second kappa shape index (κ2) is 11.8. The van der Waals surface area contributed by atoms with E-state index in [1.54, 1.807) is 14.2 Å². The molecule has 5 nitrogen and oxygen atoms in total. The maximum atomic E-state index is 6.55. The van der Waals surface area contributed by atoms with Crippen molar-refractivity contribution in [3.63, 3.8) is 0 Å². The number of rotatable bonds is 13. The van der Waals surface area contributed by atoms with Crippen molar-refractivity contribution in [2.75, 3.05) is 34.0 Å². The van der Waals surface area contributed by atoms with Crippen molar-refractivity contribution in [2.24, 2.45) is 11.1 Å². The Hall–Kier alpha value is -2.08. The van der Waals surface area contributed by atoms with E-state index in [-0.39, 0.29) is 11.5 Å². The van der Waals surface area contributed by atoms with Gasteiger partial charge in [-0.3, -0.25) is 0 Å². The smallest absolute Gasteiger partial charge is 0.161 e. The van der Waals surface area contributed by atoms with Crippen molar-refractivity contribution in [1.82, 2.24) is 0 Å². The first-order chi connectivity index (χ1) is 14.0. The Morgan fingerprint density at radius 3 is 2.38 bits per heavy atom. The van der Waals surface area contributed by atoms with Crippen molar-refractivity contribution >= 4 is 0 Å². The van der Waals surface area contributed by atoms with Crippen LogP contribution in [0.2, 0.25) is 0 Å². The molecular formula is C24H35NO4. The Bertz CT molecular complexity index is 718. The molecule has 0 amide bonds. The van der Waals surface area contributed by atoms with Gasteiger partial charge < -0.3 is 24.7 Å². The summed E-state index contributed by atoms with van der Waals surface area (Å²) in [6.45, 7) is 6.74. The van der Waals surface area contributed by atoms with Crippen LogP contribution in [0.3, 0.4) is 0 Å². The van der Waals surface area contributed by atoms with Gasteiger partial charge in [-0.15, -0.1) is 0 Å². The molecule has 0 heterocycles. The zero-order chi connectivity index (χ0) is 21.1. The summed E-state index contributed by atoms with van der Waals surface area (Å²) in [5, 5.41) is 0. The van der Waals surface area contributed by atoms with Crippen LogP contribution < -0.4 is 15.2 Å². The van der Waals surface area contributed by atoms with Crippen LogP contribution in [0.1, 0.15) is 31.4 Å². The summed E-state index contributed by atoms with van der Waals surface area (Å²) in [5.41, 5.74) is 8.69. The number of nitrogens with two attached hydrogens (primary N) is 1. The molecule has 5 heteroatoms. The quantitative estimate of drug-likeness (QED) is 0.509. The summed E-state index contributed by atoms with van der Waals surface area (Å²) in [6, 6.07) is 16.1.